The van der Waals surface area contributed by atoms with Crippen LogP contribution in [0.15, 0.2) is 54.6 Å². The number of carbonyl (C=O) groups excluding carboxylic acids is 1. The summed E-state index contributed by atoms with van der Waals surface area (Å²) in [5.41, 5.74) is 4.56. The summed E-state index contributed by atoms with van der Waals surface area (Å²) in [4.78, 5) is 23.6. The molecule has 6 nitrogen and oxygen atoms in total. The van der Waals surface area contributed by atoms with Crippen molar-refractivity contribution in [3.05, 3.63) is 65.9 Å². The summed E-state index contributed by atoms with van der Waals surface area (Å²) < 4.78 is 0. The van der Waals surface area contributed by atoms with E-state index in [-0.39, 0.29) is 6.03 Å². The zero-order valence-corrected chi connectivity index (χ0v) is 18.6. The van der Waals surface area contributed by atoms with Crippen molar-refractivity contribution in [2.45, 2.75) is 19.1 Å². The molecule has 0 radical (unpaired) electrons. The fourth-order valence-corrected chi connectivity index (χ4v) is 3.37. The monoisotopic (exact) mass is 421 g/mol. The second-order valence-corrected chi connectivity index (χ2v) is 7.94. The first-order valence-electron chi connectivity index (χ1n) is 9.80. The molecule has 156 valence electrons. The van der Waals surface area contributed by atoms with Crippen LogP contribution in [0.2, 0.25) is 0 Å². The Morgan fingerprint density at radius 3 is 2.40 bits per heavy atom. The molecule has 2 amide bonds. The van der Waals surface area contributed by atoms with Gasteiger partial charge >= 0.3 is 6.03 Å². The van der Waals surface area contributed by atoms with E-state index in [4.69, 9.17) is 0 Å². The third-order valence-corrected chi connectivity index (χ3v) is 5.09. The third-order valence-electron chi connectivity index (χ3n) is 4.51. The van der Waals surface area contributed by atoms with Gasteiger partial charge in [-0.15, -0.1) is 0 Å². The molecule has 0 unspecified atom stereocenters. The molecule has 0 saturated carbocycles. The minimum absolute atomic E-state index is 0.274. The Bertz CT molecular complexity index is 1000. The number of amides is 2. The molecule has 7 heteroatoms. The van der Waals surface area contributed by atoms with Crippen molar-refractivity contribution in [1.29, 1.82) is 0 Å². The molecule has 3 aromatic rings. The highest BCUT2D eigenvalue weighted by atomic mass is 32.2. The molecule has 0 saturated heterocycles. The van der Waals surface area contributed by atoms with Gasteiger partial charge in [-0.2, -0.15) is 11.8 Å². The number of anilines is 3. The first-order valence-corrected chi connectivity index (χ1v) is 11.2. The van der Waals surface area contributed by atoms with Gasteiger partial charge in [0.2, 0.25) is 0 Å². The predicted molar refractivity (Wildman–Crippen MR) is 127 cm³/mol. The standard InChI is InChI=1S/C23H27N5OS/c1-5-16-7-6-8-19(13-16)26-23(29)25-18-11-9-17(10-12-18)22-24-20(15-30-4)14-21(27-22)28(2)3/h6-14H,5,15H2,1-4H3,(H2,25,26,29). The van der Waals surface area contributed by atoms with Gasteiger partial charge in [-0.3, -0.25) is 0 Å². The van der Waals surface area contributed by atoms with E-state index in [9.17, 15) is 4.79 Å². The van der Waals surface area contributed by atoms with E-state index < -0.39 is 0 Å². The number of aromatic nitrogens is 2. The molecule has 30 heavy (non-hydrogen) atoms. The minimum Gasteiger partial charge on any atom is -0.363 e. The van der Waals surface area contributed by atoms with Crippen LogP contribution in [0.5, 0.6) is 0 Å². The van der Waals surface area contributed by atoms with Gasteiger partial charge in [0, 0.05) is 42.9 Å². The molecule has 0 aliphatic carbocycles. The molecular formula is C23H27N5OS. The van der Waals surface area contributed by atoms with Gasteiger partial charge < -0.3 is 15.5 Å². The Morgan fingerprint density at radius 2 is 1.73 bits per heavy atom. The highest BCUT2D eigenvalue weighted by Gasteiger charge is 2.09. The lowest BCUT2D eigenvalue weighted by Crippen LogP contribution is -2.19. The van der Waals surface area contributed by atoms with Crippen molar-refractivity contribution in [3.8, 4) is 11.4 Å². The summed E-state index contributed by atoms with van der Waals surface area (Å²) in [6.45, 7) is 2.09. The average Bonchev–Trinajstić information content (AvgIpc) is 2.74. The number of nitrogens with zero attached hydrogens (tertiary/aromatic N) is 3. The Kier molecular flexibility index (Phi) is 7.30. The first-order chi connectivity index (χ1) is 14.5. The molecule has 1 heterocycles. The van der Waals surface area contributed by atoms with Crippen LogP contribution in [0.3, 0.4) is 0 Å². The van der Waals surface area contributed by atoms with Gasteiger partial charge in [0.25, 0.3) is 0 Å². The van der Waals surface area contributed by atoms with Gasteiger partial charge in [0.1, 0.15) is 5.82 Å². The maximum atomic E-state index is 12.3. The maximum absolute atomic E-state index is 12.3. The lowest BCUT2D eigenvalue weighted by molar-refractivity contribution is 0.262. The lowest BCUT2D eigenvalue weighted by Gasteiger charge is -2.14. The number of thioether (sulfide) groups is 1. The zero-order valence-electron chi connectivity index (χ0n) is 17.8. The van der Waals surface area contributed by atoms with Gasteiger partial charge in [-0.05, 0) is 54.6 Å². The van der Waals surface area contributed by atoms with Crippen molar-refractivity contribution in [1.82, 2.24) is 9.97 Å². The molecule has 3 rings (SSSR count). The number of hydrogen-bond donors (Lipinski definition) is 2. The summed E-state index contributed by atoms with van der Waals surface area (Å²) in [6, 6.07) is 17.1. The Balaban J connectivity index is 1.72. The molecule has 2 N–H and O–H groups in total. The van der Waals surface area contributed by atoms with E-state index in [0.29, 0.717) is 11.5 Å². The highest BCUT2D eigenvalue weighted by molar-refractivity contribution is 7.97. The SMILES string of the molecule is CCc1cccc(NC(=O)Nc2ccc(-c3nc(CSC)cc(N(C)C)n3)cc2)c1. The van der Waals surface area contributed by atoms with Crippen molar-refractivity contribution in [2.75, 3.05) is 35.9 Å². The largest absolute Gasteiger partial charge is 0.363 e. The van der Waals surface area contributed by atoms with Crippen LogP contribution < -0.4 is 15.5 Å². The smallest absolute Gasteiger partial charge is 0.323 e. The molecule has 0 aliphatic rings. The number of carbonyl (C=O) groups is 1. The molecule has 2 aromatic carbocycles. The number of hydrogen-bond acceptors (Lipinski definition) is 5. The van der Waals surface area contributed by atoms with Gasteiger partial charge in [-0.1, -0.05) is 19.1 Å². The molecule has 0 fully saturated rings. The predicted octanol–water partition coefficient (Wildman–Crippen LogP) is 5.28. The minimum atomic E-state index is -0.274. The van der Waals surface area contributed by atoms with E-state index in [1.807, 2.05) is 73.6 Å². The lowest BCUT2D eigenvalue weighted by atomic mass is 10.1. The first kappa shape index (κ1) is 21.6. The Labute approximate surface area is 182 Å². The fraction of sp³-hybridized carbons (Fsp3) is 0.261. The Morgan fingerprint density at radius 1 is 1.00 bits per heavy atom. The molecule has 1 aromatic heterocycles. The number of nitrogens with one attached hydrogen (secondary N) is 2. The molecule has 0 bridgehead atoms. The van der Waals surface area contributed by atoms with E-state index in [1.54, 1.807) is 11.8 Å². The average molecular weight is 422 g/mol. The summed E-state index contributed by atoms with van der Waals surface area (Å²) in [6.07, 6.45) is 2.98. The highest BCUT2D eigenvalue weighted by Crippen LogP contribution is 2.23. The summed E-state index contributed by atoms with van der Waals surface area (Å²) in [5, 5.41) is 5.74. The Hall–Kier alpha value is -3.06. The number of rotatable bonds is 7. The van der Waals surface area contributed by atoms with Crippen LogP contribution >= 0.6 is 11.8 Å². The normalized spacial score (nSPS) is 10.5. The van der Waals surface area contributed by atoms with E-state index >= 15 is 0 Å². The van der Waals surface area contributed by atoms with Gasteiger partial charge in [0.05, 0.1) is 5.69 Å². The van der Waals surface area contributed by atoms with E-state index in [2.05, 4.69) is 33.8 Å². The van der Waals surface area contributed by atoms with Gasteiger partial charge in [0.15, 0.2) is 5.82 Å². The van der Waals surface area contributed by atoms with Crippen molar-refractivity contribution in [2.24, 2.45) is 0 Å². The molecule has 0 spiro atoms. The quantitative estimate of drug-likeness (QED) is 0.543. The van der Waals surface area contributed by atoms with E-state index in [1.165, 1.54) is 5.56 Å². The molecule has 0 atom stereocenters. The summed E-state index contributed by atoms with van der Waals surface area (Å²) in [7, 11) is 3.94. The van der Waals surface area contributed by atoms with E-state index in [0.717, 1.165) is 34.9 Å². The van der Waals surface area contributed by atoms with Crippen LogP contribution in [-0.2, 0) is 12.2 Å². The van der Waals surface area contributed by atoms with Crippen LogP contribution in [0.1, 0.15) is 18.2 Å². The number of benzene rings is 2. The topological polar surface area (TPSA) is 70.2 Å². The van der Waals surface area contributed by atoms with Gasteiger partial charge in [-0.25, -0.2) is 14.8 Å². The second kappa shape index (κ2) is 10.1. The van der Waals surface area contributed by atoms with Crippen molar-refractivity contribution in [3.63, 3.8) is 0 Å². The maximum Gasteiger partial charge on any atom is 0.323 e. The molecule has 0 aliphatic heterocycles. The third kappa shape index (κ3) is 5.73. The summed E-state index contributed by atoms with van der Waals surface area (Å²) in [5.74, 6) is 2.38. The second-order valence-electron chi connectivity index (χ2n) is 7.08. The fourth-order valence-electron chi connectivity index (χ4n) is 2.93. The zero-order chi connectivity index (χ0) is 21.5. The van der Waals surface area contributed by atoms with Crippen LogP contribution in [0, 0.1) is 0 Å². The number of aryl methyl sites for hydroxylation is 1. The van der Waals surface area contributed by atoms with Crippen molar-refractivity contribution >= 4 is 35.0 Å². The van der Waals surface area contributed by atoms with Crippen LogP contribution in [0.4, 0.5) is 22.0 Å². The van der Waals surface area contributed by atoms with Crippen LogP contribution in [0.25, 0.3) is 11.4 Å². The summed E-state index contributed by atoms with van der Waals surface area (Å²) >= 11 is 1.73. The van der Waals surface area contributed by atoms with Crippen molar-refractivity contribution < 1.29 is 4.79 Å². The number of urea groups is 1. The molecular weight excluding hydrogens is 394 g/mol. The van der Waals surface area contributed by atoms with Crippen LogP contribution in [-0.4, -0.2) is 36.4 Å².